The third-order valence-electron chi connectivity index (χ3n) is 0.772. The van der Waals surface area contributed by atoms with Crippen LogP contribution in [0.1, 0.15) is 6.42 Å². The predicted octanol–water partition coefficient (Wildman–Crippen LogP) is -0.255. The number of carbonyl (C=O) groups excluding carboxylic acids is 1. The van der Waals surface area contributed by atoms with Crippen LogP contribution in [-0.4, -0.2) is 80.3 Å². The quantitative estimate of drug-likeness (QED) is 0.488. The molecule has 0 aliphatic carbocycles. The van der Waals surface area contributed by atoms with Crippen LogP contribution < -0.4 is 0 Å². The van der Waals surface area contributed by atoms with E-state index in [4.69, 9.17) is 5.11 Å². The fourth-order valence-corrected chi connectivity index (χ4v) is 0.691. The Morgan fingerprint density at radius 1 is 1.50 bits per heavy atom. The summed E-state index contributed by atoms with van der Waals surface area (Å²) in [6.45, 7) is 0. The minimum atomic E-state index is -1.33. The van der Waals surface area contributed by atoms with Crippen molar-refractivity contribution in [3.63, 3.8) is 0 Å². The van der Waals surface area contributed by atoms with Crippen molar-refractivity contribution in [1.82, 2.24) is 0 Å². The molecule has 0 rings (SSSR count). The summed E-state index contributed by atoms with van der Waals surface area (Å²) >= 11 is 1.46. The van der Waals surface area contributed by atoms with Gasteiger partial charge in [0.25, 0.3) is 0 Å². The molecule has 0 heterocycles. The molecule has 0 aliphatic heterocycles. The Bertz CT molecular complexity index is 126. The number of Topliss-reactive ketones (excluding diaryl/α,β-unsaturated/α-hetero) is 1. The summed E-state index contributed by atoms with van der Waals surface area (Å²) in [5.74, 6) is -1.45. The summed E-state index contributed by atoms with van der Waals surface area (Å²) in [6.07, 6.45) is 1.96. The van der Waals surface area contributed by atoms with Crippen LogP contribution in [0.2, 0.25) is 0 Å². The summed E-state index contributed by atoms with van der Waals surface area (Å²) in [5, 5.41) is 8.05. The molecule has 0 aromatic heterocycles. The second-order valence-corrected chi connectivity index (χ2v) is 2.46. The average Bonchev–Trinajstić information content (AvgIpc) is 1.82. The molecule has 0 amide bonds. The Morgan fingerprint density at radius 2 is 2.00 bits per heavy atom. The third kappa shape index (κ3) is 7.24. The summed E-state index contributed by atoms with van der Waals surface area (Å²) < 4.78 is 0. The van der Waals surface area contributed by atoms with Gasteiger partial charge in [0.15, 0.2) is 0 Å². The van der Waals surface area contributed by atoms with Gasteiger partial charge >= 0.3 is 57.4 Å². The Labute approximate surface area is 106 Å². The van der Waals surface area contributed by atoms with E-state index in [1.165, 1.54) is 11.8 Å². The van der Waals surface area contributed by atoms with Crippen LogP contribution >= 0.6 is 11.8 Å². The Morgan fingerprint density at radius 3 is 2.30 bits per heavy atom. The van der Waals surface area contributed by atoms with Crippen molar-refractivity contribution in [2.45, 2.75) is 6.42 Å². The first-order chi connectivity index (χ1) is 4.18. The van der Waals surface area contributed by atoms with Gasteiger partial charge in [0.2, 0.25) is 5.78 Å². The van der Waals surface area contributed by atoms with Gasteiger partial charge in [0, 0.05) is 12.2 Å². The van der Waals surface area contributed by atoms with Crippen LogP contribution in [-0.2, 0) is 9.59 Å². The number of rotatable bonds is 4. The number of carboxylic acid groups (broad SMARTS) is 1. The van der Waals surface area contributed by atoms with Crippen LogP contribution in [0.4, 0.5) is 0 Å². The topological polar surface area (TPSA) is 54.4 Å². The first-order valence-corrected chi connectivity index (χ1v) is 3.83. The van der Waals surface area contributed by atoms with Gasteiger partial charge in [-0.15, -0.1) is 0 Å². The summed E-state index contributed by atoms with van der Waals surface area (Å²) in [4.78, 5) is 20.1. The van der Waals surface area contributed by atoms with E-state index >= 15 is 0 Å². The van der Waals surface area contributed by atoms with Gasteiger partial charge in [-0.25, -0.2) is 4.79 Å². The Balaban J connectivity index is 0. The number of ketones is 1. The van der Waals surface area contributed by atoms with Gasteiger partial charge in [0.1, 0.15) is 0 Å². The molecule has 10 heavy (non-hydrogen) atoms. The van der Waals surface area contributed by atoms with E-state index in [-0.39, 0.29) is 57.8 Å². The number of aliphatic carboxylic acids is 1. The molecule has 0 fully saturated rings. The average molecular weight is 188 g/mol. The molecule has 0 saturated heterocycles. The molecule has 54 valence electrons. The van der Waals surface area contributed by atoms with Crippen molar-refractivity contribution in [2.24, 2.45) is 0 Å². The predicted molar refractivity (Wildman–Crippen MR) is 42.8 cm³/mol. The van der Waals surface area contributed by atoms with E-state index < -0.39 is 11.8 Å². The first-order valence-electron chi connectivity index (χ1n) is 2.43. The standard InChI is InChI=1S/C5H8O3S.K.H/c1-9-3-2-4(6)5(7)8;;/h2-3H2,1H3,(H,7,8);;. The van der Waals surface area contributed by atoms with Gasteiger partial charge in [0.05, 0.1) is 0 Å². The van der Waals surface area contributed by atoms with Crippen molar-refractivity contribution in [2.75, 3.05) is 12.0 Å². The van der Waals surface area contributed by atoms with Gasteiger partial charge in [-0.3, -0.25) is 4.79 Å². The Hall–Kier alpha value is 1.13. The number of thioether (sulfide) groups is 1. The molecule has 0 bridgehead atoms. The second-order valence-electron chi connectivity index (χ2n) is 1.47. The maximum absolute atomic E-state index is 10.3. The maximum atomic E-state index is 10.3. The summed E-state index contributed by atoms with van der Waals surface area (Å²) in [6, 6.07) is 0. The number of carbonyl (C=O) groups is 2. The van der Waals surface area contributed by atoms with Crippen molar-refractivity contribution >= 4 is 74.9 Å². The monoisotopic (exact) mass is 188 g/mol. The SMILES string of the molecule is CSCCC(=O)C(=O)O.[KH]. The van der Waals surface area contributed by atoms with Crippen LogP contribution in [0.15, 0.2) is 0 Å². The van der Waals surface area contributed by atoms with Crippen LogP contribution in [0, 0.1) is 0 Å². The van der Waals surface area contributed by atoms with E-state index in [1.807, 2.05) is 6.26 Å². The Kier molecular flexibility index (Phi) is 11.3. The molecule has 5 heteroatoms. The number of hydrogen-bond donors (Lipinski definition) is 1. The van der Waals surface area contributed by atoms with Gasteiger partial charge in [-0.05, 0) is 6.26 Å². The molecular formula is C5H9KO3S. The number of hydrogen-bond acceptors (Lipinski definition) is 3. The van der Waals surface area contributed by atoms with Crippen molar-refractivity contribution in [1.29, 1.82) is 0 Å². The van der Waals surface area contributed by atoms with Crippen LogP contribution in [0.3, 0.4) is 0 Å². The molecule has 0 aromatic carbocycles. The van der Waals surface area contributed by atoms with Gasteiger partial charge < -0.3 is 5.11 Å². The van der Waals surface area contributed by atoms with Gasteiger partial charge in [-0.1, -0.05) is 0 Å². The van der Waals surface area contributed by atoms with E-state index in [2.05, 4.69) is 0 Å². The van der Waals surface area contributed by atoms with Crippen molar-refractivity contribution in [3.8, 4) is 0 Å². The van der Waals surface area contributed by atoms with Crippen LogP contribution in [0.25, 0.3) is 0 Å². The van der Waals surface area contributed by atoms with Gasteiger partial charge in [-0.2, -0.15) is 11.8 Å². The zero-order valence-electron chi connectivity index (χ0n) is 5.09. The van der Waals surface area contributed by atoms with Crippen LogP contribution in [0.5, 0.6) is 0 Å². The normalized spacial score (nSPS) is 8.10. The summed E-state index contributed by atoms with van der Waals surface area (Å²) in [7, 11) is 0. The third-order valence-corrected chi connectivity index (χ3v) is 1.38. The van der Waals surface area contributed by atoms with Crippen molar-refractivity contribution < 1.29 is 14.7 Å². The second kappa shape index (κ2) is 8.23. The van der Waals surface area contributed by atoms with E-state index in [0.29, 0.717) is 5.75 Å². The molecule has 0 unspecified atom stereocenters. The molecule has 0 atom stereocenters. The molecule has 0 saturated carbocycles. The molecule has 0 aliphatic rings. The van der Waals surface area contributed by atoms with E-state index in [1.54, 1.807) is 0 Å². The summed E-state index contributed by atoms with van der Waals surface area (Å²) in [5.41, 5.74) is 0. The molecule has 0 radical (unpaired) electrons. The van der Waals surface area contributed by atoms with E-state index in [9.17, 15) is 9.59 Å². The molecular weight excluding hydrogens is 179 g/mol. The zero-order chi connectivity index (χ0) is 7.28. The molecule has 0 aromatic rings. The van der Waals surface area contributed by atoms with Crippen molar-refractivity contribution in [3.05, 3.63) is 0 Å². The molecule has 0 spiro atoms. The fraction of sp³-hybridized carbons (Fsp3) is 0.600. The number of carboxylic acids is 1. The zero-order valence-corrected chi connectivity index (χ0v) is 5.90. The molecule has 1 N–H and O–H groups in total. The fourth-order valence-electron chi connectivity index (χ4n) is 0.302. The first kappa shape index (κ1) is 13.7. The minimum absolute atomic E-state index is 0. The van der Waals surface area contributed by atoms with E-state index in [0.717, 1.165) is 0 Å². The molecule has 3 nitrogen and oxygen atoms in total.